The number of nitrogens with two attached hydrogens (primary N) is 1. The first kappa shape index (κ1) is 9.00. The van der Waals surface area contributed by atoms with Gasteiger partial charge in [0, 0.05) is 24.5 Å². The molecule has 0 aliphatic rings. The van der Waals surface area contributed by atoms with Crippen molar-refractivity contribution >= 4 is 5.69 Å². The Morgan fingerprint density at radius 3 is 3.00 bits per heavy atom. The molecule has 1 aromatic rings. The van der Waals surface area contributed by atoms with E-state index in [2.05, 4.69) is 4.98 Å². The zero-order chi connectivity index (χ0) is 8.97. The fourth-order valence-electron chi connectivity index (χ4n) is 1.01. The van der Waals surface area contributed by atoms with Crippen LogP contribution in [-0.4, -0.2) is 16.2 Å². The molecule has 66 valence electrons. The van der Waals surface area contributed by atoms with Gasteiger partial charge < -0.3 is 10.8 Å². The molecule has 0 aliphatic heterocycles. The number of nitrogen functional groups attached to an aromatic ring is 1. The Kier molecular flexibility index (Phi) is 3.05. The summed E-state index contributed by atoms with van der Waals surface area (Å²) in [4.78, 5) is 3.94. The fourth-order valence-corrected chi connectivity index (χ4v) is 1.01. The maximum absolute atomic E-state index is 9.35. The average Bonchev–Trinajstić information content (AvgIpc) is 2.09. The van der Waals surface area contributed by atoms with Crippen molar-refractivity contribution in [1.29, 1.82) is 0 Å². The third kappa shape index (κ3) is 2.20. The summed E-state index contributed by atoms with van der Waals surface area (Å²) in [5.41, 5.74) is 7.30. The van der Waals surface area contributed by atoms with Crippen molar-refractivity contribution in [1.82, 2.24) is 4.98 Å². The second-order valence-electron chi connectivity index (χ2n) is 2.84. The predicted molar refractivity (Wildman–Crippen MR) is 48.7 cm³/mol. The first-order chi connectivity index (χ1) is 5.74. The smallest absolute Gasteiger partial charge is 0.0579 e. The van der Waals surface area contributed by atoms with Gasteiger partial charge in [0.15, 0.2) is 0 Å². The van der Waals surface area contributed by atoms with E-state index in [-0.39, 0.29) is 6.10 Å². The maximum Gasteiger partial charge on any atom is 0.0579 e. The molecule has 3 nitrogen and oxygen atoms in total. The van der Waals surface area contributed by atoms with E-state index in [0.29, 0.717) is 12.1 Å². The quantitative estimate of drug-likeness (QED) is 0.703. The average molecular weight is 166 g/mol. The van der Waals surface area contributed by atoms with Crippen LogP contribution >= 0.6 is 0 Å². The molecule has 0 amide bonds. The van der Waals surface area contributed by atoms with Crippen molar-refractivity contribution in [3.8, 4) is 0 Å². The number of hydrogen-bond donors (Lipinski definition) is 2. The van der Waals surface area contributed by atoms with Crippen molar-refractivity contribution in [2.24, 2.45) is 0 Å². The van der Waals surface area contributed by atoms with E-state index in [9.17, 15) is 5.11 Å². The number of pyridine rings is 1. The number of rotatable bonds is 3. The molecule has 3 heteroatoms. The van der Waals surface area contributed by atoms with Crippen LogP contribution in [0.1, 0.15) is 18.9 Å². The molecule has 0 spiro atoms. The molecule has 0 aromatic carbocycles. The van der Waals surface area contributed by atoms with E-state index in [0.717, 1.165) is 12.0 Å². The summed E-state index contributed by atoms with van der Waals surface area (Å²) < 4.78 is 0. The fraction of sp³-hybridized carbons (Fsp3) is 0.444. The van der Waals surface area contributed by atoms with Crippen molar-refractivity contribution in [2.75, 3.05) is 5.73 Å². The van der Waals surface area contributed by atoms with Gasteiger partial charge in [-0.25, -0.2) is 0 Å². The summed E-state index contributed by atoms with van der Waals surface area (Å²) in [6, 6.07) is 1.75. The molecule has 0 aliphatic carbocycles. The Hall–Kier alpha value is -1.09. The first-order valence-corrected chi connectivity index (χ1v) is 4.10. The lowest BCUT2D eigenvalue weighted by atomic mass is 10.1. The van der Waals surface area contributed by atoms with Gasteiger partial charge in [0.1, 0.15) is 0 Å². The summed E-state index contributed by atoms with van der Waals surface area (Å²) in [6.07, 6.45) is 4.38. The molecule has 1 atom stereocenters. The first-order valence-electron chi connectivity index (χ1n) is 4.10. The Morgan fingerprint density at radius 2 is 2.42 bits per heavy atom. The van der Waals surface area contributed by atoms with Crippen LogP contribution < -0.4 is 5.73 Å². The number of aromatic nitrogens is 1. The Morgan fingerprint density at radius 1 is 1.67 bits per heavy atom. The highest BCUT2D eigenvalue weighted by Crippen LogP contribution is 2.11. The van der Waals surface area contributed by atoms with E-state index >= 15 is 0 Å². The van der Waals surface area contributed by atoms with Crippen LogP contribution in [0.3, 0.4) is 0 Å². The van der Waals surface area contributed by atoms with Crippen LogP contribution in [0.15, 0.2) is 18.5 Å². The minimum Gasteiger partial charge on any atom is -0.398 e. The molecule has 0 fully saturated rings. The van der Waals surface area contributed by atoms with Crippen molar-refractivity contribution in [3.63, 3.8) is 0 Å². The van der Waals surface area contributed by atoms with Gasteiger partial charge in [-0.1, -0.05) is 6.92 Å². The van der Waals surface area contributed by atoms with Crippen LogP contribution in [-0.2, 0) is 6.42 Å². The summed E-state index contributed by atoms with van der Waals surface area (Å²) in [5, 5.41) is 9.35. The standard InChI is InChI=1S/C9H14N2O/c1-2-8(12)5-7-6-11-4-3-9(7)10/h3-4,6,8,12H,2,5H2,1H3,(H2,10,11). The minimum atomic E-state index is -0.309. The highest BCUT2D eigenvalue weighted by molar-refractivity contribution is 5.44. The number of anilines is 1. The van der Waals surface area contributed by atoms with Gasteiger partial charge in [-0.2, -0.15) is 0 Å². The van der Waals surface area contributed by atoms with Gasteiger partial charge in [-0.15, -0.1) is 0 Å². The number of hydrogen-bond acceptors (Lipinski definition) is 3. The molecule has 0 saturated heterocycles. The van der Waals surface area contributed by atoms with Gasteiger partial charge in [-0.05, 0) is 18.1 Å². The van der Waals surface area contributed by atoms with Gasteiger partial charge in [0.05, 0.1) is 6.10 Å². The second kappa shape index (κ2) is 4.07. The molecule has 0 bridgehead atoms. The molecule has 1 aromatic heterocycles. The molecule has 1 unspecified atom stereocenters. The minimum absolute atomic E-state index is 0.309. The molecule has 12 heavy (non-hydrogen) atoms. The molecule has 1 rings (SSSR count). The normalized spacial score (nSPS) is 12.8. The highest BCUT2D eigenvalue weighted by atomic mass is 16.3. The van der Waals surface area contributed by atoms with E-state index < -0.39 is 0 Å². The summed E-state index contributed by atoms with van der Waals surface area (Å²) in [5.74, 6) is 0. The van der Waals surface area contributed by atoms with E-state index in [1.807, 2.05) is 6.92 Å². The van der Waals surface area contributed by atoms with E-state index in [1.54, 1.807) is 18.5 Å². The topological polar surface area (TPSA) is 59.1 Å². The van der Waals surface area contributed by atoms with Crippen LogP contribution in [0.4, 0.5) is 5.69 Å². The van der Waals surface area contributed by atoms with Gasteiger partial charge in [0.25, 0.3) is 0 Å². The molecule has 1 heterocycles. The SMILES string of the molecule is CCC(O)Cc1cnccc1N. The molecule has 3 N–H and O–H groups in total. The van der Waals surface area contributed by atoms with Gasteiger partial charge in [-0.3, -0.25) is 4.98 Å². The number of aliphatic hydroxyl groups is 1. The Labute approximate surface area is 72.2 Å². The lowest BCUT2D eigenvalue weighted by Gasteiger charge is -2.08. The second-order valence-corrected chi connectivity index (χ2v) is 2.84. The van der Waals surface area contributed by atoms with Gasteiger partial charge >= 0.3 is 0 Å². The summed E-state index contributed by atoms with van der Waals surface area (Å²) in [7, 11) is 0. The zero-order valence-electron chi connectivity index (χ0n) is 7.20. The highest BCUT2D eigenvalue weighted by Gasteiger charge is 2.04. The van der Waals surface area contributed by atoms with E-state index in [4.69, 9.17) is 5.73 Å². The maximum atomic E-state index is 9.35. The van der Waals surface area contributed by atoms with Crippen molar-refractivity contribution in [3.05, 3.63) is 24.0 Å². The monoisotopic (exact) mass is 166 g/mol. The van der Waals surface area contributed by atoms with Crippen molar-refractivity contribution in [2.45, 2.75) is 25.9 Å². The summed E-state index contributed by atoms with van der Waals surface area (Å²) >= 11 is 0. The van der Waals surface area contributed by atoms with Gasteiger partial charge in [0.2, 0.25) is 0 Å². The largest absolute Gasteiger partial charge is 0.398 e. The predicted octanol–water partition coefficient (Wildman–Crippen LogP) is 0.977. The van der Waals surface area contributed by atoms with Crippen LogP contribution in [0.5, 0.6) is 0 Å². The van der Waals surface area contributed by atoms with Crippen LogP contribution in [0.25, 0.3) is 0 Å². The van der Waals surface area contributed by atoms with Crippen LogP contribution in [0.2, 0.25) is 0 Å². The summed E-state index contributed by atoms with van der Waals surface area (Å²) in [6.45, 7) is 1.94. The number of nitrogens with zero attached hydrogens (tertiary/aromatic N) is 1. The molecule has 0 saturated carbocycles. The Bertz CT molecular complexity index is 250. The molecule has 0 radical (unpaired) electrons. The third-order valence-electron chi connectivity index (χ3n) is 1.87. The van der Waals surface area contributed by atoms with E-state index in [1.165, 1.54) is 0 Å². The lowest BCUT2D eigenvalue weighted by Crippen LogP contribution is -2.10. The molecular weight excluding hydrogens is 152 g/mol. The third-order valence-corrected chi connectivity index (χ3v) is 1.87. The van der Waals surface area contributed by atoms with Crippen LogP contribution in [0, 0.1) is 0 Å². The lowest BCUT2D eigenvalue weighted by molar-refractivity contribution is 0.171. The number of aliphatic hydroxyl groups excluding tert-OH is 1. The Balaban J connectivity index is 2.69. The van der Waals surface area contributed by atoms with Crippen molar-refractivity contribution < 1.29 is 5.11 Å². The zero-order valence-corrected chi connectivity index (χ0v) is 7.20. The molecular formula is C9H14N2O.